The maximum absolute atomic E-state index is 8.21. The molecule has 0 unspecified atom stereocenters. The van der Waals surface area contributed by atoms with E-state index in [1.54, 1.807) is 0 Å². The molecule has 0 aromatic rings. The van der Waals surface area contributed by atoms with Crippen molar-refractivity contribution >= 4 is 11.9 Å². The first-order valence-corrected chi connectivity index (χ1v) is 3.62. The summed E-state index contributed by atoms with van der Waals surface area (Å²) < 4.78 is 0. The van der Waals surface area contributed by atoms with Gasteiger partial charge in [0.2, 0.25) is 0 Å². The molecule has 0 aliphatic rings. The van der Waals surface area contributed by atoms with Crippen molar-refractivity contribution < 1.29 is 0 Å². The lowest BCUT2D eigenvalue weighted by molar-refractivity contribution is 0.778. The van der Waals surface area contributed by atoms with Crippen LogP contribution in [0.1, 0.15) is 26.2 Å². The van der Waals surface area contributed by atoms with Crippen LogP contribution in [0.4, 0.5) is 0 Å². The molecular formula is C5H11NS. The third-order valence-electron chi connectivity index (χ3n) is 0.839. The van der Waals surface area contributed by atoms with Gasteiger partial charge in [-0.25, -0.2) is 0 Å². The highest BCUT2D eigenvalue weighted by molar-refractivity contribution is 7.96. The van der Waals surface area contributed by atoms with Gasteiger partial charge >= 0.3 is 0 Å². The molecule has 7 heavy (non-hydrogen) atoms. The summed E-state index contributed by atoms with van der Waals surface area (Å²) in [4.78, 5) is 0. The molecule has 0 aromatic carbocycles. The van der Waals surface area contributed by atoms with Gasteiger partial charge in [-0.05, 0) is 18.4 Å². The van der Waals surface area contributed by atoms with Crippen LogP contribution in [0, 0.1) is 0 Å². The van der Waals surface area contributed by atoms with Crippen molar-refractivity contribution in [3.63, 3.8) is 0 Å². The molecule has 1 nitrogen and oxygen atoms in total. The number of rotatable bonds is 4. The van der Waals surface area contributed by atoms with E-state index in [2.05, 4.69) is 6.92 Å². The second-order valence-corrected chi connectivity index (χ2v) is 2.21. The SMILES string of the molecule is CCCCCS[N]. The lowest BCUT2D eigenvalue weighted by atomic mass is 10.3. The van der Waals surface area contributed by atoms with E-state index in [9.17, 15) is 0 Å². The minimum Gasteiger partial charge on any atom is -0.0654 e. The van der Waals surface area contributed by atoms with Crippen molar-refractivity contribution in [1.82, 2.24) is 5.14 Å². The highest BCUT2D eigenvalue weighted by atomic mass is 32.2. The van der Waals surface area contributed by atoms with Gasteiger partial charge in [-0.2, -0.15) is 0 Å². The second-order valence-electron chi connectivity index (χ2n) is 1.54. The van der Waals surface area contributed by atoms with Gasteiger partial charge in [-0.3, -0.25) is 0 Å². The zero-order valence-corrected chi connectivity index (χ0v) is 5.50. The topological polar surface area (TPSA) is 22.3 Å². The van der Waals surface area contributed by atoms with Crippen LogP contribution < -0.4 is 5.14 Å². The van der Waals surface area contributed by atoms with Crippen molar-refractivity contribution in [2.24, 2.45) is 0 Å². The summed E-state index contributed by atoms with van der Waals surface area (Å²) in [5, 5.41) is 8.21. The van der Waals surface area contributed by atoms with Crippen LogP contribution >= 0.6 is 11.9 Å². The monoisotopic (exact) mass is 117 g/mol. The van der Waals surface area contributed by atoms with Gasteiger partial charge in [0.1, 0.15) is 0 Å². The fourth-order valence-corrected chi connectivity index (χ4v) is 0.750. The van der Waals surface area contributed by atoms with Crippen molar-refractivity contribution in [2.45, 2.75) is 26.2 Å². The first kappa shape index (κ1) is 7.31. The van der Waals surface area contributed by atoms with Crippen LogP contribution in [0.2, 0.25) is 0 Å². The molecular weight excluding hydrogens is 106 g/mol. The molecule has 2 radical (unpaired) electrons. The average Bonchev–Trinajstić information content (AvgIpc) is 1.69. The average molecular weight is 117 g/mol. The predicted octanol–water partition coefficient (Wildman–Crippen LogP) is 1.89. The Morgan fingerprint density at radius 1 is 1.43 bits per heavy atom. The van der Waals surface area contributed by atoms with Crippen LogP contribution in [-0.2, 0) is 0 Å². The van der Waals surface area contributed by atoms with Crippen LogP contribution in [0.15, 0.2) is 0 Å². The first-order valence-electron chi connectivity index (χ1n) is 2.68. The minimum absolute atomic E-state index is 0.897. The van der Waals surface area contributed by atoms with Crippen LogP contribution in [-0.4, -0.2) is 5.75 Å². The number of hydrogen-bond donors (Lipinski definition) is 0. The standard InChI is InChI=1S/C5H11NS/c1-2-3-4-5-7-6/h2-5H2,1H3. The van der Waals surface area contributed by atoms with Gasteiger partial charge < -0.3 is 0 Å². The molecule has 0 spiro atoms. The summed E-state index contributed by atoms with van der Waals surface area (Å²) in [6.45, 7) is 2.15. The van der Waals surface area contributed by atoms with E-state index in [1.807, 2.05) is 0 Å². The smallest absolute Gasteiger partial charge is 0.0110 e. The zero-order valence-electron chi connectivity index (χ0n) is 4.68. The second kappa shape index (κ2) is 6.31. The number of nitrogens with zero attached hydrogens (tertiary/aromatic N) is 1. The van der Waals surface area contributed by atoms with Gasteiger partial charge in [-0.15, -0.1) is 0 Å². The highest BCUT2D eigenvalue weighted by Gasteiger charge is 1.82. The Balaban J connectivity index is 2.45. The van der Waals surface area contributed by atoms with E-state index < -0.39 is 0 Å². The van der Waals surface area contributed by atoms with E-state index in [-0.39, 0.29) is 0 Å². The minimum atomic E-state index is 0.897. The van der Waals surface area contributed by atoms with Crippen LogP contribution in [0.5, 0.6) is 0 Å². The van der Waals surface area contributed by atoms with Gasteiger partial charge in [-0.1, -0.05) is 24.9 Å². The van der Waals surface area contributed by atoms with Crippen LogP contribution in [0.25, 0.3) is 0 Å². The van der Waals surface area contributed by atoms with E-state index in [0.717, 1.165) is 24.1 Å². The summed E-state index contributed by atoms with van der Waals surface area (Å²) in [6.07, 6.45) is 3.63. The van der Waals surface area contributed by atoms with E-state index >= 15 is 0 Å². The Bertz CT molecular complexity index is 27.3. The Kier molecular flexibility index (Phi) is 6.59. The maximum Gasteiger partial charge on any atom is 0.0110 e. The van der Waals surface area contributed by atoms with Gasteiger partial charge in [0, 0.05) is 5.75 Å². The quantitative estimate of drug-likeness (QED) is 0.407. The van der Waals surface area contributed by atoms with Gasteiger partial charge in [0.05, 0.1) is 0 Å². The van der Waals surface area contributed by atoms with Crippen LogP contribution in [0.3, 0.4) is 0 Å². The van der Waals surface area contributed by atoms with E-state index in [0.29, 0.717) is 0 Å². The first-order chi connectivity index (χ1) is 3.41. The Labute approximate surface area is 49.8 Å². The highest BCUT2D eigenvalue weighted by Crippen LogP contribution is 1.99. The summed E-state index contributed by atoms with van der Waals surface area (Å²) in [7, 11) is 0. The fourth-order valence-electron chi connectivity index (χ4n) is 0.417. The van der Waals surface area contributed by atoms with Gasteiger partial charge in [0.25, 0.3) is 0 Å². The summed E-state index contributed by atoms with van der Waals surface area (Å²) in [5.74, 6) is 0.897. The molecule has 0 saturated carbocycles. The molecule has 0 fully saturated rings. The molecule has 0 aromatic heterocycles. The van der Waals surface area contributed by atoms with Crippen molar-refractivity contribution in [3.8, 4) is 0 Å². The summed E-state index contributed by atoms with van der Waals surface area (Å²) in [6, 6.07) is 0. The molecule has 0 N–H and O–H groups in total. The normalized spacial score (nSPS) is 9.43. The van der Waals surface area contributed by atoms with E-state index in [4.69, 9.17) is 5.14 Å². The molecule has 42 valence electrons. The Morgan fingerprint density at radius 3 is 2.57 bits per heavy atom. The number of unbranched alkanes of at least 4 members (excludes halogenated alkanes) is 2. The third kappa shape index (κ3) is 6.31. The van der Waals surface area contributed by atoms with Gasteiger partial charge in [0.15, 0.2) is 0 Å². The summed E-state index contributed by atoms with van der Waals surface area (Å²) >= 11 is 0.942. The molecule has 0 atom stereocenters. The third-order valence-corrected chi connectivity index (χ3v) is 1.31. The maximum atomic E-state index is 8.21. The largest absolute Gasteiger partial charge is 0.0654 e. The molecule has 0 aliphatic heterocycles. The molecule has 0 saturated heterocycles. The molecule has 0 heterocycles. The summed E-state index contributed by atoms with van der Waals surface area (Å²) in [5.41, 5.74) is 0. The molecule has 0 amide bonds. The zero-order chi connectivity index (χ0) is 5.54. The Hall–Kier alpha value is 0.310. The molecule has 0 aliphatic carbocycles. The Morgan fingerprint density at radius 2 is 2.14 bits per heavy atom. The lowest BCUT2D eigenvalue weighted by Crippen LogP contribution is -1.76. The van der Waals surface area contributed by atoms with Crippen molar-refractivity contribution in [1.29, 1.82) is 0 Å². The number of hydrogen-bond acceptors (Lipinski definition) is 1. The van der Waals surface area contributed by atoms with E-state index in [1.165, 1.54) is 12.8 Å². The fraction of sp³-hybridized carbons (Fsp3) is 1.00. The predicted molar refractivity (Wildman–Crippen MR) is 34.1 cm³/mol. The van der Waals surface area contributed by atoms with Crippen molar-refractivity contribution in [3.05, 3.63) is 0 Å². The van der Waals surface area contributed by atoms with Crippen molar-refractivity contribution in [2.75, 3.05) is 5.75 Å². The molecule has 0 rings (SSSR count). The lowest BCUT2D eigenvalue weighted by Gasteiger charge is -1.88. The molecule has 2 heteroatoms. The molecule has 0 bridgehead atoms.